The van der Waals surface area contributed by atoms with Gasteiger partial charge < -0.3 is 22.8 Å². The van der Waals surface area contributed by atoms with Gasteiger partial charge >= 0.3 is 8.80 Å². The highest BCUT2D eigenvalue weighted by Gasteiger charge is 2.41. The molecule has 0 atom stereocenters. The topological polar surface area (TPSA) is 46.2 Å². The third-order valence-corrected chi connectivity index (χ3v) is 8.10. The average molecular weight is 405 g/mol. The molecule has 1 aliphatic rings. The van der Waals surface area contributed by atoms with Gasteiger partial charge in [-0.1, -0.05) is 47.0 Å². The van der Waals surface area contributed by atoms with Gasteiger partial charge in [0.2, 0.25) is 0 Å². The minimum Gasteiger partial charge on any atom is -0.381 e. The van der Waals surface area contributed by atoms with Crippen LogP contribution in [0.5, 0.6) is 0 Å². The number of rotatable bonds is 19. The van der Waals surface area contributed by atoms with Crippen LogP contribution in [-0.2, 0) is 22.8 Å². The van der Waals surface area contributed by atoms with Crippen molar-refractivity contribution < 1.29 is 22.8 Å². The molecule has 0 aliphatic carbocycles. The number of hydrogen-bond acceptors (Lipinski definition) is 5. The van der Waals surface area contributed by atoms with Crippen LogP contribution in [0.15, 0.2) is 0 Å². The molecule has 0 unspecified atom stereocenters. The van der Waals surface area contributed by atoms with Crippen LogP contribution < -0.4 is 0 Å². The van der Waals surface area contributed by atoms with Gasteiger partial charge in [-0.05, 0) is 32.1 Å². The molecule has 0 saturated carbocycles. The number of unbranched alkanes of at least 4 members (excludes halogenated alkanes) is 3. The fraction of sp³-hybridized carbons (Fsp3) is 1.00. The van der Waals surface area contributed by atoms with Crippen molar-refractivity contribution in [3.05, 3.63) is 0 Å². The van der Waals surface area contributed by atoms with Crippen LogP contribution in [0, 0.1) is 5.41 Å². The lowest BCUT2D eigenvalue weighted by Crippen LogP contribution is -2.47. The van der Waals surface area contributed by atoms with E-state index in [1.54, 1.807) is 0 Å². The predicted octanol–water partition coefficient (Wildman–Crippen LogP) is 5.21. The van der Waals surface area contributed by atoms with Crippen LogP contribution >= 0.6 is 0 Å². The van der Waals surface area contributed by atoms with Gasteiger partial charge in [0.05, 0.1) is 19.8 Å². The van der Waals surface area contributed by atoms with Gasteiger partial charge in [-0.3, -0.25) is 0 Å². The quantitative estimate of drug-likeness (QED) is 0.218. The average Bonchev–Trinajstić information content (AvgIpc) is 2.64. The fourth-order valence-electron chi connectivity index (χ4n) is 2.92. The molecule has 0 amide bonds. The highest BCUT2D eigenvalue weighted by Crippen LogP contribution is 2.31. The summed E-state index contributed by atoms with van der Waals surface area (Å²) in [7, 11) is -2.61. The lowest BCUT2D eigenvalue weighted by molar-refractivity contribution is -0.150. The summed E-state index contributed by atoms with van der Waals surface area (Å²) in [6, 6.07) is 0.847. The zero-order valence-electron chi connectivity index (χ0n) is 18.4. The largest absolute Gasteiger partial charge is 0.501 e. The lowest BCUT2D eigenvalue weighted by Gasteiger charge is -2.40. The van der Waals surface area contributed by atoms with Gasteiger partial charge in [-0.25, -0.2) is 0 Å². The Bertz CT molecular complexity index is 317. The molecule has 27 heavy (non-hydrogen) atoms. The molecule has 0 radical (unpaired) electrons. The smallest absolute Gasteiger partial charge is 0.381 e. The monoisotopic (exact) mass is 404 g/mol. The minimum atomic E-state index is -2.61. The SMILES string of the molecule is CCCCO[Si](CCCOCC1(CC)COC1)(OCCCC)OCCCC. The molecule has 5 nitrogen and oxygen atoms in total. The van der Waals surface area contributed by atoms with Crippen molar-refractivity contribution in [3.63, 3.8) is 0 Å². The van der Waals surface area contributed by atoms with Crippen LogP contribution in [0.2, 0.25) is 6.04 Å². The maximum atomic E-state index is 6.28. The van der Waals surface area contributed by atoms with E-state index in [2.05, 4.69) is 27.7 Å². The zero-order chi connectivity index (χ0) is 19.8. The first-order chi connectivity index (χ1) is 13.2. The summed E-state index contributed by atoms with van der Waals surface area (Å²) in [4.78, 5) is 0. The van der Waals surface area contributed by atoms with E-state index in [0.717, 1.165) is 104 Å². The first kappa shape index (κ1) is 25.1. The third kappa shape index (κ3) is 9.86. The Hall–Kier alpha value is 0.0169. The number of hydrogen-bond donors (Lipinski definition) is 0. The Balaban J connectivity index is 2.48. The van der Waals surface area contributed by atoms with Gasteiger partial charge in [0, 0.05) is 37.9 Å². The van der Waals surface area contributed by atoms with Crippen molar-refractivity contribution in [2.75, 3.05) is 46.2 Å². The molecule has 1 aliphatic heterocycles. The molecular formula is C21H44O5Si. The van der Waals surface area contributed by atoms with Gasteiger partial charge in [0.15, 0.2) is 0 Å². The molecular weight excluding hydrogens is 360 g/mol. The maximum absolute atomic E-state index is 6.28. The summed E-state index contributed by atoms with van der Waals surface area (Å²) in [6.07, 6.45) is 8.58. The van der Waals surface area contributed by atoms with E-state index >= 15 is 0 Å². The second-order valence-corrected chi connectivity index (χ2v) is 10.5. The lowest BCUT2D eigenvalue weighted by atomic mass is 9.84. The summed E-state index contributed by atoms with van der Waals surface area (Å²) >= 11 is 0. The zero-order valence-corrected chi connectivity index (χ0v) is 19.4. The van der Waals surface area contributed by atoms with Crippen LogP contribution in [0.25, 0.3) is 0 Å². The summed E-state index contributed by atoms with van der Waals surface area (Å²) < 4.78 is 30.2. The second-order valence-electron chi connectivity index (χ2n) is 7.79. The van der Waals surface area contributed by atoms with E-state index in [-0.39, 0.29) is 5.41 Å². The highest BCUT2D eigenvalue weighted by atomic mass is 28.4. The molecule has 1 heterocycles. The molecule has 1 rings (SSSR count). The first-order valence-corrected chi connectivity index (χ1v) is 13.2. The molecule has 1 fully saturated rings. The predicted molar refractivity (Wildman–Crippen MR) is 112 cm³/mol. The van der Waals surface area contributed by atoms with Gasteiger partial charge in [0.1, 0.15) is 0 Å². The Labute approximate surface area is 168 Å². The standard InChI is InChI=1S/C21H44O5Si/c1-5-9-14-24-27(25-15-10-6-2,26-16-11-7-3)17-12-13-22-18-21(8-4)19-23-20-21/h5-20H2,1-4H3. The molecule has 0 aromatic carbocycles. The molecule has 6 heteroatoms. The van der Waals surface area contributed by atoms with Gasteiger partial charge in [-0.2, -0.15) is 0 Å². The Morgan fingerprint density at radius 3 is 1.63 bits per heavy atom. The third-order valence-electron chi connectivity index (χ3n) is 5.21. The van der Waals surface area contributed by atoms with Crippen LogP contribution in [-0.4, -0.2) is 55.1 Å². The van der Waals surface area contributed by atoms with Crippen molar-refractivity contribution in [1.82, 2.24) is 0 Å². The molecule has 0 spiro atoms. The van der Waals surface area contributed by atoms with E-state index in [1.165, 1.54) is 0 Å². The van der Waals surface area contributed by atoms with Crippen molar-refractivity contribution in [2.45, 2.75) is 85.1 Å². The molecule has 0 N–H and O–H groups in total. The van der Waals surface area contributed by atoms with Gasteiger partial charge in [-0.15, -0.1) is 0 Å². The van der Waals surface area contributed by atoms with E-state index in [0.29, 0.717) is 0 Å². The first-order valence-electron chi connectivity index (χ1n) is 11.2. The van der Waals surface area contributed by atoms with E-state index in [1.807, 2.05) is 0 Å². The number of ether oxygens (including phenoxy) is 2. The Kier molecular flexibility index (Phi) is 13.9. The fourth-order valence-corrected chi connectivity index (χ4v) is 5.54. The van der Waals surface area contributed by atoms with Crippen LogP contribution in [0.3, 0.4) is 0 Å². The summed E-state index contributed by atoms with van der Waals surface area (Å²) in [5.41, 5.74) is 0.251. The van der Waals surface area contributed by atoms with E-state index in [9.17, 15) is 0 Å². The summed E-state index contributed by atoms with van der Waals surface area (Å²) in [5, 5.41) is 0. The minimum absolute atomic E-state index is 0.251. The Morgan fingerprint density at radius 2 is 1.26 bits per heavy atom. The maximum Gasteiger partial charge on any atom is 0.501 e. The normalized spacial score (nSPS) is 16.4. The molecule has 0 aromatic heterocycles. The molecule has 1 saturated heterocycles. The van der Waals surface area contributed by atoms with Crippen molar-refractivity contribution >= 4 is 8.80 Å². The summed E-state index contributed by atoms with van der Waals surface area (Å²) in [6.45, 7) is 14.2. The molecule has 0 aromatic rings. The second kappa shape index (κ2) is 14.9. The van der Waals surface area contributed by atoms with E-state index < -0.39 is 8.80 Å². The van der Waals surface area contributed by atoms with Crippen LogP contribution in [0.4, 0.5) is 0 Å². The van der Waals surface area contributed by atoms with Crippen molar-refractivity contribution in [2.24, 2.45) is 5.41 Å². The van der Waals surface area contributed by atoms with Crippen molar-refractivity contribution in [1.29, 1.82) is 0 Å². The Morgan fingerprint density at radius 1 is 0.741 bits per heavy atom. The highest BCUT2D eigenvalue weighted by molar-refractivity contribution is 6.60. The van der Waals surface area contributed by atoms with E-state index in [4.69, 9.17) is 22.8 Å². The molecule has 0 bridgehead atoms. The van der Waals surface area contributed by atoms with Gasteiger partial charge in [0.25, 0.3) is 0 Å². The molecule has 162 valence electrons. The van der Waals surface area contributed by atoms with Crippen LogP contribution in [0.1, 0.15) is 79.1 Å². The van der Waals surface area contributed by atoms with Crippen molar-refractivity contribution in [3.8, 4) is 0 Å². The summed E-state index contributed by atoms with van der Waals surface area (Å²) in [5.74, 6) is 0.